The van der Waals surface area contributed by atoms with Crippen LogP contribution in [0.1, 0.15) is 19.4 Å². The van der Waals surface area contributed by atoms with Crippen LogP contribution in [0.15, 0.2) is 30.6 Å². The lowest BCUT2D eigenvalue weighted by Crippen LogP contribution is -2.11. The Hall–Kier alpha value is -1.51. The van der Waals surface area contributed by atoms with Gasteiger partial charge in [0.15, 0.2) is 0 Å². The summed E-state index contributed by atoms with van der Waals surface area (Å²) in [4.78, 5) is 13.3. The number of aliphatic carboxylic acids is 1. The van der Waals surface area contributed by atoms with Gasteiger partial charge in [0.2, 0.25) is 0 Å². The summed E-state index contributed by atoms with van der Waals surface area (Å²) in [5.41, 5.74) is 1.06. The maximum absolute atomic E-state index is 10.4. The second-order valence-electron chi connectivity index (χ2n) is 4.06. The number of carboxylic acids is 1. The first kappa shape index (κ1) is 10.6. The summed E-state index contributed by atoms with van der Waals surface area (Å²) in [7, 11) is 0. The molecule has 0 aliphatic rings. The number of rotatable bonds is 4. The third kappa shape index (κ3) is 3.47. The molecule has 1 aromatic rings. The van der Waals surface area contributed by atoms with E-state index in [0.29, 0.717) is 0 Å². The predicted octanol–water partition coefficient (Wildman–Crippen LogP) is 2.22. The molecule has 1 aromatic heterocycles. The lowest BCUT2D eigenvalue weighted by molar-refractivity contribution is -0.131. The first-order valence-corrected chi connectivity index (χ1v) is 4.53. The van der Waals surface area contributed by atoms with Crippen LogP contribution in [0.4, 0.5) is 0 Å². The van der Waals surface area contributed by atoms with Crippen LogP contribution in [0.2, 0.25) is 0 Å². The van der Waals surface area contributed by atoms with E-state index < -0.39 is 5.97 Å². The summed E-state index contributed by atoms with van der Waals surface area (Å²) in [6.07, 6.45) is 7.55. The van der Waals surface area contributed by atoms with Crippen molar-refractivity contribution in [3.8, 4) is 0 Å². The van der Waals surface area contributed by atoms with Crippen LogP contribution in [0.3, 0.4) is 0 Å². The zero-order valence-corrected chi connectivity index (χ0v) is 8.45. The van der Waals surface area contributed by atoms with Gasteiger partial charge in [0.25, 0.3) is 0 Å². The van der Waals surface area contributed by atoms with E-state index in [1.165, 1.54) is 11.6 Å². The van der Waals surface area contributed by atoms with Crippen molar-refractivity contribution in [2.24, 2.45) is 5.41 Å². The molecule has 76 valence electrons. The van der Waals surface area contributed by atoms with E-state index >= 15 is 0 Å². The number of H-pyrrole nitrogens is 1. The molecule has 0 amide bonds. The van der Waals surface area contributed by atoms with E-state index in [-0.39, 0.29) is 5.41 Å². The van der Waals surface area contributed by atoms with Crippen LogP contribution in [0, 0.1) is 5.41 Å². The van der Waals surface area contributed by atoms with E-state index in [4.69, 9.17) is 5.11 Å². The zero-order chi connectivity index (χ0) is 10.6. The summed E-state index contributed by atoms with van der Waals surface area (Å²) < 4.78 is 0. The quantitative estimate of drug-likeness (QED) is 0.720. The molecule has 0 radical (unpaired) electrons. The van der Waals surface area contributed by atoms with Crippen molar-refractivity contribution in [1.82, 2.24) is 4.98 Å². The van der Waals surface area contributed by atoms with E-state index in [0.717, 1.165) is 6.42 Å². The highest BCUT2D eigenvalue weighted by Crippen LogP contribution is 2.22. The highest BCUT2D eigenvalue weighted by atomic mass is 16.4. The number of aromatic nitrogens is 1. The maximum atomic E-state index is 10.4. The Balaban J connectivity index is 2.62. The lowest BCUT2D eigenvalue weighted by Gasteiger charge is -2.18. The van der Waals surface area contributed by atoms with Gasteiger partial charge in [-0.15, -0.1) is 0 Å². The normalized spacial score (nSPS) is 12.1. The van der Waals surface area contributed by atoms with Crippen molar-refractivity contribution in [3.05, 3.63) is 36.2 Å². The first-order valence-electron chi connectivity index (χ1n) is 4.53. The van der Waals surface area contributed by atoms with E-state index in [1.807, 2.05) is 32.3 Å². The second kappa shape index (κ2) is 4.13. The zero-order valence-electron chi connectivity index (χ0n) is 8.45. The molecule has 0 unspecified atom stereocenters. The van der Waals surface area contributed by atoms with Crippen LogP contribution in [0.25, 0.3) is 0 Å². The number of hydrogen-bond acceptors (Lipinski definition) is 1. The van der Waals surface area contributed by atoms with Gasteiger partial charge >= 0.3 is 5.97 Å². The third-order valence-corrected chi connectivity index (χ3v) is 2.00. The number of allylic oxidation sites excluding steroid dienone is 1. The van der Waals surface area contributed by atoms with Crippen molar-refractivity contribution < 1.29 is 9.90 Å². The number of nitrogens with one attached hydrogen (secondary N) is 1. The van der Waals surface area contributed by atoms with Gasteiger partial charge in [0, 0.05) is 18.5 Å². The second-order valence-corrected chi connectivity index (χ2v) is 4.06. The predicted molar refractivity (Wildman–Crippen MR) is 55.1 cm³/mol. The SMILES string of the molecule is CC(C)(/C=C/C(=O)O)Cc1cc[nH]c1. The number of aromatic amines is 1. The maximum Gasteiger partial charge on any atom is 0.327 e. The fourth-order valence-electron chi connectivity index (χ4n) is 1.35. The number of carbonyl (C=O) groups is 1. The molecular weight excluding hydrogens is 178 g/mol. The highest BCUT2D eigenvalue weighted by molar-refractivity contribution is 5.79. The molecule has 0 atom stereocenters. The Bertz CT molecular complexity index is 323. The Kier molecular flexibility index (Phi) is 3.12. The molecule has 14 heavy (non-hydrogen) atoms. The van der Waals surface area contributed by atoms with Gasteiger partial charge < -0.3 is 10.1 Å². The molecule has 2 N–H and O–H groups in total. The Morgan fingerprint density at radius 1 is 1.64 bits per heavy atom. The molecule has 0 aromatic carbocycles. The summed E-state index contributed by atoms with van der Waals surface area (Å²) >= 11 is 0. The molecule has 0 fully saturated rings. The standard InChI is InChI=1S/C11H15NO2/c1-11(2,5-3-10(13)14)7-9-4-6-12-8-9/h3-6,8,12H,7H2,1-2H3,(H,13,14)/b5-3+. The molecule has 0 spiro atoms. The minimum atomic E-state index is -0.896. The summed E-state index contributed by atoms with van der Waals surface area (Å²) in [5, 5.41) is 8.51. The smallest absolute Gasteiger partial charge is 0.327 e. The lowest BCUT2D eigenvalue weighted by atomic mass is 9.86. The van der Waals surface area contributed by atoms with Crippen molar-refractivity contribution in [3.63, 3.8) is 0 Å². The molecule has 0 saturated heterocycles. The van der Waals surface area contributed by atoms with Crippen LogP contribution in [0.5, 0.6) is 0 Å². The molecule has 3 nitrogen and oxygen atoms in total. The van der Waals surface area contributed by atoms with Gasteiger partial charge in [-0.05, 0) is 23.5 Å². The van der Waals surface area contributed by atoms with Crippen molar-refractivity contribution in [1.29, 1.82) is 0 Å². The van der Waals surface area contributed by atoms with Crippen LogP contribution >= 0.6 is 0 Å². The Morgan fingerprint density at radius 3 is 2.86 bits per heavy atom. The average molecular weight is 193 g/mol. The van der Waals surface area contributed by atoms with Gasteiger partial charge in [0.05, 0.1) is 0 Å². The van der Waals surface area contributed by atoms with Crippen molar-refractivity contribution in [2.75, 3.05) is 0 Å². The van der Waals surface area contributed by atoms with Crippen LogP contribution in [-0.4, -0.2) is 16.1 Å². The molecule has 0 bridgehead atoms. The van der Waals surface area contributed by atoms with Gasteiger partial charge in [0.1, 0.15) is 0 Å². The fourth-order valence-corrected chi connectivity index (χ4v) is 1.35. The minimum Gasteiger partial charge on any atom is -0.478 e. The largest absolute Gasteiger partial charge is 0.478 e. The van der Waals surface area contributed by atoms with Gasteiger partial charge in [-0.1, -0.05) is 19.9 Å². The Morgan fingerprint density at radius 2 is 2.36 bits per heavy atom. The molecular formula is C11H15NO2. The summed E-state index contributed by atoms with van der Waals surface area (Å²) in [6, 6.07) is 2.00. The van der Waals surface area contributed by atoms with Crippen LogP contribution < -0.4 is 0 Å². The minimum absolute atomic E-state index is 0.124. The molecule has 0 aliphatic heterocycles. The average Bonchev–Trinajstić information content (AvgIpc) is 2.53. The van der Waals surface area contributed by atoms with Crippen LogP contribution in [-0.2, 0) is 11.2 Å². The molecule has 1 rings (SSSR count). The Labute approximate surface area is 83.5 Å². The third-order valence-electron chi connectivity index (χ3n) is 2.00. The summed E-state index contributed by atoms with van der Waals surface area (Å²) in [5.74, 6) is -0.896. The van der Waals surface area contributed by atoms with Gasteiger partial charge in [-0.25, -0.2) is 4.79 Å². The van der Waals surface area contributed by atoms with Gasteiger partial charge in [-0.3, -0.25) is 0 Å². The van der Waals surface area contributed by atoms with E-state index in [9.17, 15) is 4.79 Å². The monoisotopic (exact) mass is 193 g/mol. The molecule has 0 saturated carbocycles. The summed E-state index contributed by atoms with van der Waals surface area (Å²) in [6.45, 7) is 4.03. The fraction of sp³-hybridized carbons (Fsp3) is 0.364. The van der Waals surface area contributed by atoms with Crippen molar-refractivity contribution in [2.45, 2.75) is 20.3 Å². The number of hydrogen-bond donors (Lipinski definition) is 2. The number of carboxylic acid groups (broad SMARTS) is 1. The first-order chi connectivity index (χ1) is 6.49. The van der Waals surface area contributed by atoms with Crippen molar-refractivity contribution >= 4 is 5.97 Å². The molecule has 3 heteroatoms. The topological polar surface area (TPSA) is 53.1 Å². The molecule has 0 aliphatic carbocycles. The van der Waals surface area contributed by atoms with E-state index in [2.05, 4.69) is 4.98 Å². The highest BCUT2D eigenvalue weighted by Gasteiger charge is 2.15. The molecule has 1 heterocycles. The van der Waals surface area contributed by atoms with Gasteiger partial charge in [-0.2, -0.15) is 0 Å². The van der Waals surface area contributed by atoms with E-state index in [1.54, 1.807) is 6.08 Å².